The molecular formula is C43H72O15P2. The Morgan fingerprint density at radius 2 is 0.717 bits per heavy atom. The topological polar surface area (TPSA) is 225 Å². The van der Waals surface area contributed by atoms with Crippen molar-refractivity contribution in [1.29, 1.82) is 0 Å². The van der Waals surface area contributed by atoms with Gasteiger partial charge in [-0.05, 0) is 51.4 Å². The molecule has 5 N–H and O–H groups in total. The lowest BCUT2D eigenvalue weighted by Crippen LogP contribution is -2.25. The third kappa shape index (κ3) is 40.6. The fourth-order valence-electron chi connectivity index (χ4n) is 4.75. The maximum atomic E-state index is 12.1. The largest absolute Gasteiger partial charge is 0.472 e. The van der Waals surface area contributed by atoms with Gasteiger partial charge in [0.15, 0.2) is 0 Å². The van der Waals surface area contributed by atoms with Gasteiger partial charge in [-0.2, -0.15) is 0 Å². The molecule has 5 unspecified atom stereocenters. The van der Waals surface area contributed by atoms with E-state index in [-0.39, 0.29) is 12.8 Å². The maximum absolute atomic E-state index is 12.1. The summed E-state index contributed by atoms with van der Waals surface area (Å²) in [6.45, 7) is 0.0424. The number of carbonyl (C=O) groups is 2. The second kappa shape index (κ2) is 39.1. The molecule has 0 aliphatic carbocycles. The number of hydrogen-bond acceptors (Lipinski definition) is 13. The first kappa shape index (κ1) is 57.2. The summed E-state index contributed by atoms with van der Waals surface area (Å²) < 4.78 is 52.8. The zero-order valence-electron chi connectivity index (χ0n) is 35.6. The van der Waals surface area contributed by atoms with Crippen LogP contribution in [-0.4, -0.2) is 95.0 Å². The second-order valence-corrected chi connectivity index (χ2v) is 16.7. The molecule has 60 heavy (non-hydrogen) atoms. The van der Waals surface area contributed by atoms with Crippen molar-refractivity contribution in [3.8, 4) is 0 Å². The number of allylic oxidation sites excluding steroid dienone is 14. The van der Waals surface area contributed by atoms with Gasteiger partial charge in [0.05, 0.1) is 26.4 Å². The SMILES string of the molecule is CC/C=C/C=C/C=C\CCCCCCCC(=O)OCC(O)COP(=O)(O)OCC(O)COP(=O)(O)OCC(O)COC(=O)CCCCCCC\C=C/C=C/C=C/C=C/CC. The molecular weight excluding hydrogens is 818 g/mol. The maximum Gasteiger partial charge on any atom is 0.472 e. The van der Waals surface area contributed by atoms with Crippen LogP contribution in [-0.2, 0) is 46.3 Å². The van der Waals surface area contributed by atoms with Gasteiger partial charge in [-0.25, -0.2) is 9.13 Å². The molecule has 0 aromatic rings. The Morgan fingerprint density at radius 1 is 0.433 bits per heavy atom. The van der Waals surface area contributed by atoms with Crippen molar-refractivity contribution in [1.82, 2.24) is 0 Å². The molecule has 344 valence electrons. The van der Waals surface area contributed by atoms with E-state index < -0.39 is 85.5 Å². The molecule has 15 nitrogen and oxygen atoms in total. The zero-order valence-corrected chi connectivity index (χ0v) is 37.4. The Labute approximate surface area is 357 Å². The molecule has 17 heteroatoms. The van der Waals surface area contributed by atoms with Gasteiger partial charge in [0, 0.05) is 12.8 Å². The van der Waals surface area contributed by atoms with Crippen molar-refractivity contribution >= 4 is 27.6 Å². The van der Waals surface area contributed by atoms with E-state index in [1.807, 2.05) is 60.8 Å². The van der Waals surface area contributed by atoms with Crippen molar-refractivity contribution in [2.75, 3.05) is 39.6 Å². The molecule has 5 atom stereocenters. The number of hydrogen-bond donors (Lipinski definition) is 5. The van der Waals surface area contributed by atoms with Crippen LogP contribution in [0.4, 0.5) is 0 Å². The van der Waals surface area contributed by atoms with Crippen LogP contribution in [0.5, 0.6) is 0 Å². The normalized spacial score (nSPS) is 16.2. The van der Waals surface area contributed by atoms with E-state index in [0.29, 0.717) is 12.8 Å². The minimum Gasteiger partial charge on any atom is -0.463 e. The highest BCUT2D eigenvalue weighted by Gasteiger charge is 2.28. The Balaban J connectivity index is 3.99. The van der Waals surface area contributed by atoms with Crippen LogP contribution in [0.25, 0.3) is 0 Å². The van der Waals surface area contributed by atoms with Gasteiger partial charge in [0.2, 0.25) is 0 Å². The smallest absolute Gasteiger partial charge is 0.463 e. The summed E-state index contributed by atoms with van der Waals surface area (Å²) in [5.74, 6) is -1.05. The van der Waals surface area contributed by atoms with Gasteiger partial charge >= 0.3 is 27.6 Å². The molecule has 0 saturated carbocycles. The van der Waals surface area contributed by atoms with Crippen LogP contribution in [0.15, 0.2) is 85.1 Å². The number of rotatable bonds is 39. The molecule has 0 aromatic heterocycles. The summed E-state index contributed by atoms with van der Waals surface area (Å²) in [4.78, 5) is 43.6. The first-order valence-corrected chi connectivity index (χ1v) is 24.0. The minimum atomic E-state index is -4.79. The molecule has 0 aliphatic rings. The fourth-order valence-corrected chi connectivity index (χ4v) is 6.34. The lowest BCUT2D eigenvalue weighted by atomic mass is 10.1. The average Bonchev–Trinajstić information content (AvgIpc) is 3.22. The number of phosphoric acid groups is 2. The summed E-state index contributed by atoms with van der Waals surface area (Å²) in [6, 6.07) is 0. The third-order valence-electron chi connectivity index (χ3n) is 8.00. The predicted octanol–water partition coefficient (Wildman–Crippen LogP) is 8.60. The van der Waals surface area contributed by atoms with Crippen LogP contribution in [0.1, 0.15) is 117 Å². The van der Waals surface area contributed by atoms with E-state index in [0.717, 1.165) is 77.0 Å². The van der Waals surface area contributed by atoms with Crippen LogP contribution < -0.4 is 0 Å². The number of aliphatic hydroxyl groups excluding tert-OH is 3. The van der Waals surface area contributed by atoms with Crippen LogP contribution >= 0.6 is 15.6 Å². The van der Waals surface area contributed by atoms with Crippen molar-refractivity contribution in [3.63, 3.8) is 0 Å². The van der Waals surface area contributed by atoms with E-state index in [1.165, 1.54) is 0 Å². The molecule has 0 aliphatic heterocycles. The Morgan fingerprint density at radius 3 is 1.07 bits per heavy atom. The molecule has 0 amide bonds. The van der Waals surface area contributed by atoms with Crippen LogP contribution in [0.3, 0.4) is 0 Å². The molecule has 0 radical (unpaired) electrons. The summed E-state index contributed by atoms with van der Waals surface area (Å²) in [7, 11) is -9.58. The summed E-state index contributed by atoms with van der Waals surface area (Å²) >= 11 is 0. The van der Waals surface area contributed by atoms with Gasteiger partial charge in [-0.15, -0.1) is 0 Å². The quantitative estimate of drug-likeness (QED) is 0.0169. The summed E-state index contributed by atoms with van der Waals surface area (Å²) in [5.41, 5.74) is 0. The fraction of sp³-hybridized carbons (Fsp3) is 0.628. The standard InChI is InChI=1S/C43H72O15P2/c1-3-5-7-9-11-13-15-17-18-20-22-24-26-28-30-32-43(48)54-34-40(45)36-56-60(51,52)58-38-41(46)37-57-59(49,50)55-35-39(44)33-53-42(47)31-29-27-25-23-21-19-16-14-12-10-8-6-4-2/h5-18,39-41,44-46H,3-4,19-38H2,1-2H3,(H,49,50)(H,51,52)/b7-5+,8-6+,11-9+,12-10+,15-13+,16-14-,18-17-. The van der Waals surface area contributed by atoms with Gasteiger partial charge in [0.25, 0.3) is 0 Å². The number of carbonyl (C=O) groups excluding carboxylic acids is 2. The second-order valence-electron chi connectivity index (χ2n) is 13.7. The van der Waals surface area contributed by atoms with E-state index >= 15 is 0 Å². The van der Waals surface area contributed by atoms with Crippen LogP contribution in [0.2, 0.25) is 0 Å². The zero-order chi connectivity index (χ0) is 44.6. The lowest BCUT2D eigenvalue weighted by Gasteiger charge is -2.19. The molecule has 0 bridgehead atoms. The highest BCUT2D eigenvalue weighted by Crippen LogP contribution is 2.45. The molecule has 0 rings (SSSR count). The molecule has 0 fully saturated rings. The minimum absolute atomic E-state index is 0.166. The van der Waals surface area contributed by atoms with Crippen molar-refractivity contribution in [2.24, 2.45) is 0 Å². The Hall–Kier alpha value is -2.78. The summed E-state index contributed by atoms with van der Waals surface area (Å²) in [5, 5.41) is 29.9. The Bertz CT molecular complexity index is 1410. The van der Waals surface area contributed by atoms with Gasteiger partial charge in [-0.1, -0.05) is 137 Å². The average molecular weight is 891 g/mol. The molecule has 0 spiro atoms. The lowest BCUT2D eigenvalue weighted by molar-refractivity contribution is -0.148. The predicted molar refractivity (Wildman–Crippen MR) is 233 cm³/mol. The van der Waals surface area contributed by atoms with E-state index in [1.54, 1.807) is 0 Å². The Kier molecular flexibility index (Phi) is 37.3. The molecule has 0 aromatic carbocycles. The van der Waals surface area contributed by atoms with Crippen molar-refractivity contribution < 1.29 is 71.4 Å². The van der Waals surface area contributed by atoms with Crippen LogP contribution in [0, 0.1) is 0 Å². The number of aliphatic hydroxyl groups is 3. The summed E-state index contributed by atoms with van der Waals surface area (Å²) in [6.07, 6.45) is 37.3. The first-order chi connectivity index (χ1) is 28.8. The monoisotopic (exact) mass is 890 g/mol. The van der Waals surface area contributed by atoms with Gasteiger partial charge in [-0.3, -0.25) is 27.7 Å². The molecule has 0 saturated heterocycles. The number of unbranched alkanes of at least 4 members (excludes halogenated alkanes) is 10. The highest BCUT2D eigenvalue weighted by molar-refractivity contribution is 7.47. The van der Waals surface area contributed by atoms with Gasteiger partial charge in [0.1, 0.15) is 31.5 Å². The number of ether oxygens (including phenoxy) is 2. The number of esters is 2. The van der Waals surface area contributed by atoms with E-state index in [4.69, 9.17) is 9.47 Å². The first-order valence-electron chi connectivity index (χ1n) is 21.0. The van der Waals surface area contributed by atoms with Crippen molar-refractivity contribution in [3.05, 3.63) is 85.1 Å². The third-order valence-corrected chi connectivity index (χ3v) is 9.90. The number of phosphoric ester groups is 2. The van der Waals surface area contributed by atoms with Gasteiger partial charge < -0.3 is 34.6 Å². The van der Waals surface area contributed by atoms with Crippen molar-refractivity contribution in [2.45, 2.75) is 135 Å². The molecule has 0 heterocycles. The van der Waals surface area contributed by atoms with E-state index in [2.05, 4.69) is 56.2 Å². The highest BCUT2D eigenvalue weighted by atomic mass is 31.2. The van der Waals surface area contributed by atoms with E-state index in [9.17, 15) is 43.8 Å².